The van der Waals surface area contributed by atoms with Crippen LogP contribution in [0.3, 0.4) is 0 Å². The summed E-state index contributed by atoms with van der Waals surface area (Å²) in [6, 6.07) is 7.12. The van der Waals surface area contributed by atoms with Gasteiger partial charge in [0.1, 0.15) is 0 Å². The van der Waals surface area contributed by atoms with E-state index in [-0.39, 0.29) is 5.97 Å². The van der Waals surface area contributed by atoms with Gasteiger partial charge in [0.05, 0.1) is 18.1 Å². The van der Waals surface area contributed by atoms with Crippen LogP contribution < -0.4 is 0 Å². The fourth-order valence-electron chi connectivity index (χ4n) is 2.68. The van der Waals surface area contributed by atoms with Gasteiger partial charge in [-0.2, -0.15) is 0 Å². The molecule has 1 aliphatic carbocycles. The lowest BCUT2D eigenvalue weighted by atomic mass is 9.56. The molecule has 1 fully saturated rings. The molecule has 1 aromatic rings. The Hall–Kier alpha value is -1.06. The minimum absolute atomic E-state index is 0.300. The third kappa shape index (κ3) is 2.05. The van der Waals surface area contributed by atoms with Crippen molar-refractivity contribution in [1.29, 1.82) is 0 Å². The lowest BCUT2D eigenvalue weighted by Crippen LogP contribution is -2.57. The van der Waals surface area contributed by atoms with Gasteiger partial charge in [-0.1, -0.05) is 23.7 Å². The van der Waals surface area contributed by atoms with Crippen molar-refractivity contribution >= 4 is 17.6 Å². The molecule has 0 radical (unpaired) electrons. The molecule has 0 aromatic heterocycles. The Morgan fingerprint density at radius 2 is 1.88 bits per heavy atom. The summed E-state index contributed by atoms with van der Waals surface area (Å²) in [5, 5.41) is 10.5. The number of carbonyl (C=O) groups is 1. The minimum atomic E-state index is -0.798. The molecule has 3 nitrogen and oxygen atoms in total. The normalized spacial score (nSPS) is 31.8. The van der Waals surface area contributed by atoms with E-state index in [1.165, 1.54) is 7.11 Å². The van der Waals surface area contributed by atoms with E-state index in [2.05, 4.69) is 0 Å². The monoisotopic (exact) mass is 254 g/mol. The number of hydrogen-bond acceptors (Lipinski definition) is 3. The van der Waals surface area contributed by atoms with Crippen LogP contribution in [0.2, 0.25) is 5.02 Å². The zero-order chi connectivity index (χ0) is 12.7. The number of methoxy groups -OCH3 is 1. The van der Waals surface area contributed by atoms with E-state index in [0.717, 1.165) is 5.56 Å². The highest BCUT2D eigenvalue weighted by Gasteiger charge is 2.57. The van der Waals surface area contributed by atoms with Crippen molar-refractivity contribution < 1.29 is 14.6 Å². The molecule has 0 unspecified atom stereocenters. The summed E-state index contributed by atoms with van der Waals surface area (Å²) in [7, 11) is 1.37. The van der Waals surface area contributed by atoms with Gasteiger partial charge in [0.2, 0.25) is 0 Å². The molecule has 1 saturated carbocycles. The van der Waals surface area contributed by atoms with Crippen LogP contribution in [0.25, 0.3) is 0 Å². The Bertz CT molecular complexity index is 428. The molecule has 4 heteroatoms. The Morgan fingerprint density at radius 3 is 2.29 bits per heavy atom. The molecule has 0 spiro atoms. The fourth-order valence-corrected chi connectivity index (χ4v) is 2.81. The molecule has 92 valence electrons. The van der Waals surface area contributed by atoms with Crippen molar-refractivity contribution in [2.24, 2.45) is 0 Å². The molecule has 0 bridgehead atoms. The maximum Gasteiger partial charge on any atom is 0.316 e. The molecule has 0 heterocycles. The van der Waals surface area contributed by atoms with Gasteiger partial charge in [0, 0.05) is 5.02 Å². The largest absolute Gasteiger partial charge is 0.468 e. The van der Waals surface area contributed by atoms with Crippen LogP contribution >= 0.6 is 11.6 Å². The topological polar surface area (TPSA) is 46.5 Å². The third-order valence-corrected chi connectivity index (χ3v) is 3.59. The van der Waals surface area contributed by atoms with Gasteiger partial charge in [-0.25, -0.2) is 0 Å². The Kier molecular flexibility index (Phi) is 2.92. The molecule has 17 heavy (non-hydrogen) atoms. The van der Waals surface area contributed by atoms with Crippen molar-refractivity contribution in [3.05, 3.63) is 34.9 Å². The number of hydrogen-bond donors (Lipinski definition) is 1. The van der Waals surface area contributed by atoms with Gasteiger partial charge in [0.15, 0.2) is 0 Å². The predicted molar refractivity (Wildman–Crippen MR) is 65.0 cm³/mol. The highest BCUT2D eigenvalue weighted by Crippen LogP contribution is 2.51. The highest BCUT2D eigenvalue weighted by atomic mass is 35.5. The summed E-state index contributed by atoms with van der Waals surface area (Å²) in [5.41, 5.74) is -0.670. The predicted octanol–water partition coefficient (Wildman–Crippen LogP) is 2.30. The first-order chi connectivity index (χ1) is 7.89. The van der Waals surface area contributed by atoms with Gasteiger partial charge < -0.3 is 9.84 Å². The molecular formula is C13H15ClO3. The summed E-state index contributed by atoms with van der Waals surface area (Å²) in [6.07, 6.45) is 0.766. The second-order valence-electron chi connectivity index (χ2n) is 4.93. The van der Waals surface area contributed by atoms with E-state index in [1.807, 2.05) is 12.1 Å². The lowest BCUT2D eigenvalue weighted by Gasteiger charge is -2.49. The maximum atomic E-state index is 11.9. The molecule has 0 aliphatic heterocycles. The molecule has 1 N–H and O–H groups in total. The van der Waals surface area contributed by atoms with E-state index in [9.17, 15) is 9.90 Å². The molecule has 0 amide bonds. The van der Waals surface area contributed by atoms with Crippen LogP contribution in [-0.4, -0.2) is 23.8 Å². The van der Waals surface area contributed by atoms with Crippen LogP contribution in [0, 0.1) is 0 Å². The first-order valence-corrected chi connectivity index (χ1v) is 5.84. The van der Waals surface area contributed by atoms with Gasteiger partial charge in [-0.3, -0.25) is 4.79 Å². The molecule has 0 atom stereocenters. The van der Waals surface area contributed by atoms with Crippen LogP contribution in [0.15, 0.2) is 24.3 Å². The minimum Gasteiger partial charge on any atom is -0.468 e. The van der Waals surface area contributed by atoms with Gasteiger partial charge in [-0.15, -0.1) is 0 Å². The van der Waals surface area contributed by atoms with Gasteiger partial charge >= 0.3 is 5.97 Å². The lowest BCUT2D eigenvalue weighted by molar-refractivity contribution is -0.165. The van der Waals surface area contributed by atoms with Crippen molar-refractivity contribution in [3.63, 3.8) is 0 Å². The van der Waals surface area contributed by atoms with Crippen molar-refractivity contribution in [2.75, 3.05) is 7.11 Å². The van der Waals surface area contributed by atoms with Gasteiger partial charge in [-0.05, 0) is 37.5 Å². The summed E-state index contributed by atoms with van der Waals surface area (Å²) in [5.74, 6) is -0.300. The van der Waals surface area contributed by atoms with E-state index in [0.29, 0.717) is 17.9 Å². The van der Waals surface area contributed by atoms with E-state index < -0.39 is 11.0 Å². The Labute approximate surface area is 105 Å². The average Bonchev–Trinajstić information content (AvgIpc) is 2.25. The van der Waals surface area contributed by atoms with E-state index >= 15 is 0 Å². The van der Waals surface area contributed by atoms with E-state index in [4.69, 9.17) is 16.3 Å². The van der Waals surface area contributed by atoms with Crippen LogP contribution in [-0.2, 0) is 14.9 Å². The molecule has 2 rings (SSSR count). The highest BCUT2D eigenvalue weighted by molar-refractivity contribution is 6.30. The smallest absolute Gasteiger partial charge is 0.316 e. The molecular weight excluding hydrogens is 240 g/mol. The molecule has 1 aliphatic rings. The van der Waals surface area contributed by atoms with Crippen LogP contribution in [0.1, 0.15) is 25.3 Å². The number of carbonyl (C=O) groups excluding carboxylic acids is 1. The number of halogens is 1. The number of esters is 1. The van der Waals surface area contributed by atoms with Gasteiger partial charge in [0.25, 0.3) is 0 Å². The number of ether oxygens (including phenoxy) is 1. The van der Waals surface area contributed by atoms with Crippen molar-refractivity contribution in [1.82, 2.24) is 0 Å². The Morgan fingerprint density at radius 1 is 1.35 bits per heavy atom. The summed E-state index contributed by atoms with van der Waals surface area (Å²) in [6.45, 7) is 1.73. The SMILES string of the molecule is COC(=O)C1(c2ccc(Cl)cc2)CC(C)(O)C1. The zero-order valence-electron chi connectivity index (χ0n) is 9.87. The van der Waals surface area contributed by atoms with E-state index in [1.54, 1.807) is 19.1 Å². The maximum absolute atomic E-state index is 11.9. The summed E-state index contributed by atoms with van der Waals surface area (Å²) >= 11 is 5.83. The summed E-state index contributed by atoms with van der Waals surface area (Å²) in [4.78, 5) is 11.9. The zero-order valence-corrected chi connectivity index (χ0v) is 10.6. The first kappa shape index (κ1) is 12.4. The standard InChI is InChI=1S/C13H15ClO3/c1-12(16)7-13(8-12,11(15)17-2)9-3-5-10(14)6-4-9/h3-6,16H,7-8H2,1-2H3. The van der Waals surface area contributed by atoms with Crippen LogP contribution in [0.5, 0.6) is 0 Å². The van der Waals surface area contributed by atoms with Crippen LogP contribution in [0.4, 0.5) is 0 Å². The third-order valence-electron chi connectivity index (χ3n) is 3.34. The number of benzene rings is 1. The van der Waals surface area contributed by atoms with Crippen molar-refractivity contribution in [3.8, 4) is 0 Å². The first-order valence-electron chi connectivity index (χ1n) is 5.46. The fraction of sp³-hybridized carbons (Fsp3) is 0.462. The van der Waals surface area contributed by atoms with Crippen molar-refractivity contribution in [2.45, 2.75) is 30.8 Å². The number of aliphatic hydroxyl groups is 1. The average molecular weight is 255 g/mol. The molecule has 1 aromatic carbocycles. The second-order valence-corrected chi connectivity index (χ2v) is 5.37. The molecule has 0 saturated heterocycles. The number of rotatable bonds is 2. The quantitative estimate of drug-likeness (QED) is 0.824. The Balaban J connectivity index is 2.36. The second kappa shape index (κ2) is 4.00. The summed E-state index contributed by atoms with van der Waals surface area (Å²) < 4.78 is 4.85.